The lowest BCUT2D eigenvalue weighted by molar-refractivity contribution is -0.0101. The Morgan fingerprint density at radius 3 is 2.31 bits per heavy atom. The second-order valence-corrected chi connectivity index (χ2v) is 17.8. The van der Waals surface area contributed by atoms with Gasteiger partial charge in [0, 0.05) is 23.6 Å². The molecular weight excluding hydrogens is 584 g/mol. The Morgan fingerprint density at radius 2 is 1.69 bits per heavy atom. The van der Waals surface area contributed by atoms with Gasteiger partial charge in [-0.1, -0.05) is 57.2 Å². The van der Waals surface area contributed by atoms with Crippen molar-refractivity contribution >= 4 is 31.3 Å². The smallest absolute Gasteiger partial charge is 0.340 e. The number of esters is 1. The summed E-state index contributed by atoms with van der Waals surface area (Å²) >= 11 is 0. The Hall–Kier alpha value is -4.08. The van der Waals surface area contributed by atoms with E-state index in [0.29, 0.717) is 35.5 Å². The second kappa shape index (κ2) is 12.7. The van der Waals surface area contributed by atoms with Crippen LogP contribution in [0.25, 0.3) is 17.0 Å². The van der Waals surface area contributed by atoms with Gasteiger partial charge in [0.2, 0.25) is 0 Å². The lowest BCUT2D eigenvalue weighted by Crippen LogP contribution is -2.45. The van der Waals surface area contributed by atoms with Crippen molar-refractivity contribution in [2.45, 2.75) is 71.0 Å². The summed E-state index contributed by atoms with van der Waals surface area (Å²) in [5.74, 6) is 1.87. The predicted octanol–water partition coefficient (Wildman–Crippen LogP) is 7.89. The zero-order valence-corrected chi connectivity index (χ0v) is 28.8. The quantitative estimate of drug-likeness (QED) is 0.123. The average molecular weight is 629 g/mol. The minimum Gasteiger partial charge on any atom is -0.496 e. The van der Waals surface area contributed by atoms with E-state index >= 15 is 0 Å². The number of carbonyl (C=O) groups excluding carboxylic acids is 1. The summed E-state index contributed by atoms with van der Waals surface area (Å²) < 4.78 is 32.7. The first-order valence-corrected chi connectivity index (χ1v) is 18.2. The lowest BCUT2D eigenvalue weighted by atomic mass is 10.0. The first kappa shape index (κ1) is 32.3. The highest BCUT2D eigenvalue weighted by Crippen LogP contribution is 2.44. The molecule has 0 N–H and O–H groups in total. The summed E-state index contributed by atoms with van der Waals surface area (Å²) in [4.78, 5) is 12.5. The van der Waals surface area contributed by atoms with Crippen LogP contribution < -0.4 is 9.47 Å². The SMILES string of the molecule is COC(=O)c1cccc2cn(C[C@H](OC3=Cc4ccccc4C3)[C@H](O[Si](C)(C)C(C)(C)C)c3cc(OC)c(C)c(OC)c3)nc12. The largest absolute Gasteiger partial charge is 0.496 e. The van der Waals surface area contributed by atoms with E-state index in [1.807, 2.05) is 48.1 Å². The average Bonchev–Trinajstić information content (AvgIpc) is 3.61. The predicted molar refractivity (Wildman–Crippen MR) is 179 cm³/mol. The molecule has 238 valence electrons. The first-order chi connectivity index (χ1) is 21.3. The third kappa shape index (κ3) is 6.65. The van der Waals surface area contributed by atoms with Crippen LogP contribution in [0.2, 0.25) is 18.1 Å². The molecule has 0 saturated carbocycles. The molecule has 8 nitrogen and oxygen atoms in total. The number of benzene rings is 3. The van der Waals surface area contributed by atoms with Crippen LogP contribution >= 0.6 is 0 Å². The van der Waals surface area contributed by atoms with Gasteiger partial charge in [-0.05, 0) is 66.0 Å². The van der Waals surface area contributed by atoms with Crippen LogP contribution in [-0.4, -0.2) is 51.5 Å². The van der Waals surface area contributed by atoms with Crippen LogP contribution in [0.15, 0.2) is 66.6 Å². The van der Waals surface area contributed by atoms with Gasteiger partial charge in [0.05, 0.1) is 33.4 Å². The van der Waals surface area contributed by atoms with Crippen molar-refractivity contribution in [1.82, 2.24) is 9.78 Å². The van der Waals surface area contributed by atoms with Crippen LogP contribution in [-0.2, 0) is 26.9 Å². The summed E-state index contributed by atoms with van der Waals surface area (Å²) in [6, 6.07) is 17.9. The molecule has 3 aromatic carbocycles. The van der Waals surface area contributed by atoms with Crippen molar-refractivity contribution < 1.29 is 28.2 Å². The summed E-state index contributed by atoms with van der Waals surface area (Å²) in [6.07, 6.45) is 3.75. The third-order valence-corrected chi connectivity index (χ3v) is 13.5. The van der Waals surface area contributed by atoms with Crippen LogP contribution in [0.4, 0.5) is 0 Å². The first-order valence-electron chi connectivity index (χ1n) is 15.2. The molecule has 45 heavy (non-hydrogen) atoms. The number of aromatic nitrogens is 2. The highest BCUT2D eigenvalue weighted by atomic mass is 28.4. The summed E-state index contributed by atoms with van der Waals surface area (Å²) in [5.41, 5.74) is 5.18. The van der Waals surface area contributed by atoms with E-state index in [2.05, 4.69) is 58.1 Å². The maximum absolute atomic E-state index is 12.5. The molecule has 4 aromatic rings. The van der Waals surface area contributed by atoms with Crippen LogP contribution in [0.1, 0.15) is 59.5 Å². The van der Waals surface area contributed by atoms with E-state index in [0.717, 1.165) is 27.8 Å². The number of rotatable bonds is 11. The fourth-order valence-electron chi connectivity index (χ4n) is 5.48. The van der Waals surface area contributed by atoms with E-state index in [-0.39, 0.29) is 5.04 Å². The van der Waals surface area contributed by atoms with Crippen molar-refractivity contribution in [3.63, 3.8) is 0 Å². The van der Waals surface area contributed by atoms with Crippen LogP contribution in [0, 0.1) is 6.92 Å². The fourth-order valence-corrected chi connectivity index (χ4v) is 6.76. The lowest BCUT2D eigenvalue weighted by Gasteiger charge is -2.41. The van der Waals surface area contributed by atoms with Crippen molar-refractivity contribution in [2.75, 3.05) is 21.3 Å². The summed E-state index contributed by atoms with van der Waals surface area (Å²) in [6.45, 7) is 13.5. The Labute approximate surface area is 267 Å². The number of hydrogen-bond donors (Lipinski definition) is 0. The summed E-state index contributed by atoms with van der Waals surface area (Å²) in [5, 5.41) is 5.64. The van der Waals surface area contributed by atoms with Gasteiger partial charge in [-0.3, -0.25) is 4.68 Å². The molecule has 2 atom stereocenters. The van der Waals surface area contributed by atoms with Gasteiger partial charge >= 0.3 is 5.97 Å². The molecule has 1 aliphatic carbocycles. The number of methoxy groups -OCH3 is 3. The molecule has 5 rings (SSSR count). The zero-order valence-electron chi connectivity index (χ0n) is 27.8. The Balaban J connectivity index is 1.64. The molecule has 0 bridgehead atoms. The van der Waals surface area contributed by atoms with Gasteiger partial charge in [0.1, 0.15) is 35.0 Å². The number of carbonyl (C=O) groups is 1. The van der Waals surface area contributed by atoms with Crippen LogP contribution in [0.5, 0.6) is 11.5 Å². The third-order valence-electron chi connectivity index (χ3n) is 9.06. The molecule has 9 heteroatoms. The number of ether oxygens (including phenoxy) is 4. The molecule has 0 aliphatic heterocycles. The standard InChI is InChI=1S/C36H44N2O6Si/c1-23-30(40-5)19-27(20-31(23)41-6)34(44-45(8,9)36(2,3)4)32(43-28-17-24-13-10-11-14-25(24)18-28)22-38-21-26-15-12-16-29(33(26)37-38)35(39)42-7/h10-17,19-21,32,34H,18,22H2,1-9H3/t32-,34+/m0/s1. The van der Waals surface area contributed by atoms with E-state index < -0.39 is 26.5 Å². The number of nitrogens with zero attached hydrogens (tertiary/aromatic N) is 2. The minimum atomic E-state index is -2.35. The normalized spacial score (nSPS) is 14.5. The minimum absolute atomic E-state index is 0.0622. The molecule has 0 radical (unpaired) electrons. The molecule has 0 spiro atoms. The van der Waals surface area contributed by atoms with Gasteiger partial charge in [-0.15, -0.1) is 0 Å². The Morgan fingerprint density at radius 1 is 1.00 bits per heavy atom. The molecule has 1 aliphatic rings. The van der Waals surface area contributed by atoms with Gasteiger partial charge < -0.3 is 23.4 Å². The van der Waals surface area contributed by atoms with E-state index in [9.17, 15) is 4.79 Å². The van der Waals surface area contributed by atoms with Crippen molar-refractivity contribution in [3.8, 4) is 11.5 Å². The van der Waals surface area contributed by atoms with Gasteiger partial charge in [0.15, 0.2) is 8.32 Å². The topological polar surface area (TPSA) is 81.0 Å². The molecular formula is C36H44N2O6Si. The van der Waals surface area contributed by atoms with Gasteiger partial charge in [-0.2, -0.15) is 5.10 Å². The molecule has 0 unspecified atom stereocenters. The molecule has 1 aromatic heterocycles. The number of fused-ring (bicyclic) bond motifs is 2. The number of hydrogen-bond acceptors (Lipinski definition) is 7. The van der Waals surface area contributed by atoms with E-state index in [4.69, 9.17) is 28.5 Å². The molecule has 0 saturated heterocycles. The summed E-state index contributed by atoms with van der Waals surface area (Å²) in [7, 11) is 2.36. The second-order valence-electron chi connectivity index (χ2n) is 13.1. The highest BCUT2D eigenvalue weighted by Gasteiger charge is 2.42. The maximum atomic E-state index is 12.5. The molecule has 1 heterocycles. The molecule has 0 amide bonds. The highest BCUT2D eigenvalue weighted by molar-refractivity contribution is 6.74. The van der Waals surface area contributed by atoms with E-state index in [1.165, 1.54) is 12.7 Å². The Bertz CT molecular complexity index is 1710. The van der Waals surface area contributed by atoms with Crippen LogP contribution in [0.3, 0.4) is 0 Å². The van der Waals surface area contributed by atoms with Gasteiger partial charge in [0.25, 0.3) is 0 Å². The Kier molecular flexibility index (Phi) is 9.14. The van der Waals surface area contributed by atoms with E-state index in [1.54, 1.807) is 20.3 Å². The monoisotopic (exact) mass is 628 g/mol. The maximum Gasteiger partial charge on any atom is 0.340 e. The van der Waals surface area contributed by atoms with Crippen molar-refractivity contribution in [3.05, 3.63) is 94.4 Å². The molecule has 0 fully saturated rings. The van der Waals surface area contributed by atoms with Crippen molar-refractivity contribution in [2.24, 2.45) is 0 Å². The van der Waals surface area contributed by atoms with Crippen molar-refractivity contribution in [1.29, 1.82) is 0 Å². The zero-order chi connectivity index (χ0) is 32.5. The fraction of sp³-hybridized carbons (Fsp3) is 0.389. The number of allylic oxidation sites excluding steroid dienone is 1. The van der Waals surface area contributed by atoms with Gasteiger partial charge in [-0.25, -0.2) is 4.79 Å².